The van der Waals surface area contributed by atoms with Crippen molar-refractivity contribution < 1.29 is 34.8 Å². The van der Waals surface area contributed by atoms with Crippen LogP contribution < -0.4 is 0 Å². The normalized spacial score (nSPS) is 27.0. The fraction of sp³-hybridized carbons (Fsp3) is 0.500. The van der Waals surface area contributed by atoms with Crippen LogP contribution in [0.5, 0.6) is 17.2 Å². The Balaban J connectivity index is 2.54. The Morgan fingerprint density at radius 3 is 1.84 bits per heavy atom. The van der Waals surface area contributed by atoms with Crippen LogP contribution in [0, 0.1) is 22.2 Å². The number of hydrogen-bond donors (Lipinski definition) is 4. The van der Waals surface area contributed by atoms with Gasteiger partial charge in [0.2, 0.25) is 0 Å². The van der Waals surface area contributed by atoms with Gasteiger partial charge in [0, 0.05) is 6.07 Å². The van der Waals surface area contributed by atoms with E-state index in [9.17, 15) is 25.2 Å². The lowest BCUT2D eigenvalue weighted by molar-refractivity contribution is -0.178. The standard InChI is InChI=1S/C38H50O7/c1-22(2)11-10-16-36(9)26(13-12-23(3)4)21-37(17-14-24(5)6)33(43)31(32(42)27-19-29(40)30(41)20-28(27)39)34(44)38(36,35(37)45)18-15-25(7)8/h11-12,14-15,19-20,26,39-42H,10,13,16-18,21H2,1-9H3. The van der Waals surface area contributed by atoms with Gasteiger partial charge in [-0.15, -0.1) is 0 Å². The minimum atomic E-state index is -1.69. The molecule has 0 amide bonds. The van der Waals surface area contributed by atoms with Crippen LogP contribution in [-0.4, -0.2) is 37.8 Å². The minimum absolute atomic E-state index is 0.0527. The van der Waals surface area contributed by atoms with E-state index in [1.807, 2.05) is 74.5 Å². The van der Waals surface area contributed by atoms with Crippen molar-refractivity contribution in [3.05, 3.63) is 69.9 Å². The average Bonchev–Trinajstić information content (AvgIpc) is 2.93. The minimum Gasteiger partial charge on any atom is -0.507 e. The highest BCUT2D eigenvalue weighted by Crippen LogP contribution is 2.67. The van der Waals surface area contributed by atoms with Crippen molar-refractivity contribution in [2.75, 3.05) is 0 Å². The van der Waals surface area contributed by atoms with Crippen LogP contribution in [0.25, 0.3) is 5.76 Å². The number of rotatable bonds is 10. The number of aliphatic hydroxyl groups excluding tert-OH is 1. The van der Waals surface area contributed by atoms with Crippen LogP contribution in [0.15, 0.2) is 64.3 Å². The number of allylic oxidation sites excluding steroid dienone is 9. The van der Waals surface area contributed by atoms with Crippen LogP contribution in [0.1, 0.15) is 106 Å². The number of carbonyl (C=O) groups is 3. The number of aromatic hydroxyl groups is 3. The summed E-state index contributed by atoms with van der Waals surface area (Å²) in [6.07, 6.45) is 9.93. The molecular formula is C38H50O7. The molecule has 7 nitrogen and oxygen atoms in total. The van der Waals surface area contributed by atoms with Gasteiger partial charge in [-0.05, 0) is 111 Å². The Bertz CT molecular complexity index is 1540. The lowest BCUT2D eigenvalue weighted by atomic mass is 9.37. The summed E-state index contributed by atoms with van der Waals surface area (Å²) in [4.78, 5) is 45.0. The molecule has 0 aliphatic heterocycles. The second-order valence-electron chi connectivity index (χ2n) is 14.2. The van der Waals surface area contributed by atoms with Crippen molar-refractivity contribution in [3.63, 3.8) is 0 Å². The van der Waals surface area contributed by atoms with Crippen molar-refractivity contribution in [1.82, 2.24) is 0 Å². The molecule has 0 aromatic heterocycles. The summed E-state index contributed by atoms with van der Waals surface area (Å²) in [5.41, 5.74) is -1.14. The van der Waals surface area contributed by atoms with Gasteiger partial charge in [0.25, 0.3) is 0 Å². The fourth-order valence-corrected chi connectivity index (χ4v) is 7.20. The summed E-state index contributed by atoms with van der Waals surface area (Å²) >= 11 is 0. The smallest absolute Gasteiger partial charge is 0.184 e. The maximum absolute atomic E-state index is 15.2. The van der Waals surface area contributed by atoms with Gasteiger partial charge >= 0.3 is 0 Å². The van der Waals surface area contributed by atoms with E-state index < -0.39 is 62.2 Å². The van der Waals surface area contributed by atoms with E-state index in [2.05, 4.69) is 12.2 Å². The number of phenolic OH excluding ortho intramolecular Hbond substituents is 3. The Labute approximate surface area is 267 Å². The summed E-state index contributed by atoms with van der Waals surface area (Å²) in [6.45, 7) is 17.6. The summed E-state index contributed by atoms with van der Waals surface area (Å²) in [5.74, 6) is -4.89. The first-order valence-corrected chi connectivity index (χ1v) is 15.7. The van der Waals surface area contributed by atoms with Crippen LogP contribution in [0.2, 0.25) is 0 Å². The Morgan fingerprint density at radius 2 is 1.29 bits per heavy atom. The van der Waals surface area contributed by atoms with E-state index in [0.717, 1.165) is 34.4 Å². The molecule has 4 atom stereocenters. The first-order chi connectivity index (χ1) is 20.9. The zero-order valence-electron chi connectivity index (χ0n) is 28.3. The molecule has 4 N–H and O–H groups in total. The zero-order chi connectivity index (χ0) is 34.1. The molecule has 2 fully saturated rings. The van der Waals surface area contributed by atoms with E-state index >= 15 is 9.59 Å². The van der Waals surface area contributed by atoms with Crippen molar-refractivity contribution in [1.29, 1.82) is 0 Å². The number of ketones is 3. The molecule has 0 radical (unpaired) electrons. The lowest BCUT2D eigenvalue weighted by Crippen LogP contribution is -2.70. The second-order valence-corrected chi connectivity index (χ2v) is 14.2. The summed E-state index contributed by atoms with van der Waals surface area (Å²) < 4.78 is 0. The van der Waals surface area contributed by atoms with Crippen LogP contribution in [-0.2, 0) is 14.4 Å². The van der Waals surface area contributed by atoms with Gasteiger partial charge in [-0.1, -0.05) is 53.5 Å². The van der Waals surface area contributed by atoms with Crippen molar-refractivity contribution >= 4 is 23.1 Å². The SMILES string of the molecule is CC(C)=CCCC1(C)C(CC=C(C)C)CC2(CC=C(C)C)C(=O)C(=C(O)c3cc(O)c(O)cc3O)C(=O)C1(CC=C(C)C)C2=O. The number of phenols is 3. The number of benzene rings is 1. The molecular weight excluding hydrogens is 568 g/mol. The van der Waals surface area contributed by atoms with E-state index in [-0.39, 0.29) is 30.7 Å². The first-order valence-electron chi connectivity index (χ1n) is 15.7. The van der Waals surface area contributed by atoms with E-state index in [1.54, 1.807) is 0 Å². The topological polar surface area (TPSA) is 132 Å². The number of fused-ring (bicyclic) bond motifs is 2. The predicted molar refractivity (Wildman–Crippen MR) is 178 cm³/mol. The maximum Gasteiger partial charge on any atom is 0.184 e. The monoisotopic (exact) mass is 618 g/mol. The molecule has 2 aliphatic carbocycles. The number of aliphatic hydroxyl groups is 1. The quantitative estimate of drug-likeness (QED) is 0.0392. The summed E-state index contributed by atoms with van der Waals surface area (Å²) in [6, 6.07) is 1.75. The van der Waals surface area contributed by atoms with Crippen LogP contribution in [0.3, 0.4) is 0 Å². The van der Waals surface area contributed by atoms with Crippen molar-refractivity contribution in [2.24, 2.45) is 22.2 Å². The highest BCUT2D eigenvalue weighted by molar-refractivity contribution is 6.41. The number of carbonyl (C=O) groups excluding carboxylic acids is 3. The highest BCUT2D eigenvalue weighted by atomic mass is 16.3. The summed E-state index contributed by atoms with van der Waals surface area (Å²) in [5, 5.41) is 42.5. The lowest BCUT2D eigenvalue weighted by Gasteiger charge is -2.61. The van der Waals surface area contributed by atoms with Gasteiger partial charge in [-0.3, -0.25) is 14.4 Å². The Morgan fingerprint density at radius 1 is 0.756 bits per heavy atom. The molecule has 2 aliphatic rings. The Hall–Kier alpha value is -3.87. The van der Waals surface area contributed by atoms with E-state index in [0.29, 0.717) is 19.3 Å². The van der Waals surface area contributed by atoms with Gasteiger partial charge < -0.3 is 20.4 Å². The number of hydrogen-bond acceptors (Lipinski definition) is 7. The van der Waals surface area contributed by atoms with Gasteiger partial charge in [-0.2, -0.15) is 0 Å². The van der Waals surface area contributed by atoms with Crippen molar-refractivity contribution in [2.45, 2.75) is 101 Å². The Kier molecular flexibility index (Phi) is 10.5. The third-order valence-electron chi connectivity index (χ3n) is 9.86. The predicted octanol–water partition coefficient (Wildman–Crippen LogP) is 8.61. The average molecular weight is 619 g/mol. The van der Waals surface area contributed by atoms with E-state index in [4.69, 9.17) is 0 Å². The molecule has 3 rings (SSSR count). The molecule has 2 bridgehead atoms. The van der Waals surface area contributed by atoms with Gasteiger partial charge in [0.1, 0.15) is 22.5 Å². The maximum atomic E-state index is 15.2. The third kappa shape index (κ3) is 6.31. The van der Waals surface area contributed by atoms with Crippen LogP contribution in [0.4, 0.5) is 0 Å². The largest absolute Gasteiger partial charge is 0.507 e. The van der Waals surface area contributed by atoms with Gasteiger partial charge in [-0.25, -0.2) is 0 Å². The molecule has 1 aromatic rings. The summed E-state index contributed by atoms with van der Waals surface area (Å²) in [7, 11) is 0. The van der Waals surface area contributed by atoms with E-state index in [1.165, 1.54) is 0 Å². The zero-order valence-corrected chi connectivity index (χ0v) is 28.3. The molecule has 4 unspecified atom stereocenters. The second kappa shape index (κ2) is 13.2. The van der Waals surface area contributed by atoms with Crippen molar-refractivity contribution in [3.8, 4) is 17.2 Å². The molecule has 0 saturated heterocycles. The third-order valence-corrected chi connectivity index (χ3v) is 9.86. The first kappa shape index (κ1) is 35.6. The molecule has 1 aromatic carbocycles. The molecule has 7 heteroatoms. The van der Waals surface area contributed by atoms with Crippen LogP contribution >= 0.6 is 0 Å². The van der Waals surface area contributed by atoms with Gasteiger partial charge in [0.05, 0.1) is 11.0 Å². The highest BCUT2D eigenvalue weighted by Gasteiger charge is 2.74. The van der Waals surface area contributed by atoms with Gasteiger partial charge in [0.15, 0.2) is 28.8 Å². The molecule has 244 valence electrons. The molecule has 0 spiro atoms. The molecule has 0 heterocycles. The molecule has 2 saturated carbocycles. The fourth-order valence-electron chi connectivity index (χ4n) is 7.20. The molecule has 45 heavy (non-hydrogen) atoms. The number of Topliss-reactive ketones (excluding diaryl/α,β-unsaturated/α-hetero) is 3.